The van der Waals surface area contributed by atoms with E-state index in [1.807, 2.05) is 30.3 Å². The summed E-state index contributed by atoms with van der Waals surface area (Å²) in [4.78, 5) is 14.9. The number of halogens is 2. The summed E-state index contributed by atoms with van der Waals surface area (Å²) in [6.07, 6.45) is 1.70. The Balaban J connectivity index is 1.49. The van der Waals surface area contributed by atoms with Gasteiger partial charge in [-0.3, -0.25) is 9.69 Å². The van der Waals surface area contributed by atoms with Crippen molar-refractivity contribution in [2.75, 3.05) is 11.9 Å². The molecule has 0 unspecified atom stereocenters. The van der Waals surface area contributed by atoms with Crippen LogP contribution in [-0.4, -0.2) is 43.6 Å². The van der Waals surface area contributed by atoms with Gasteiger partial charge in [-0.2, -0.15) is 4.68 Å². The number of para-hydroxylation sites is 1. The van der Waals surface area contributed by atoms with Crippen molar-refractivity contribution in [3.05, 3.63) is 64.4 Å². The first kappa shape index (κ1) is 18.9. The Morgan fingerprint density at radius 1 is 1.14 bits per heavy atom. The van der Waals surface area contributed by atoms with Gasteiger partial charge in [-0.05, 0) is 60.1 Å². The molecular weight excluding hydrogens is 399 g/mol. The summed E-state index contributed by atoms with van der Waals surface area (Å²) in [5, 5.41) is 15.9. The Bertz CT molecular complexity index is 957. The molecule has 1 aliphatic heterocycles. The second kappa shape index (κ2) is 8.26. The van der Waals surface area contributed by atoms with Crippen molar-refractivity contribution in [1.29, 1.82) is 0 Å². The van der Waals surface area contributed by atoms with Crippen molar-refractivity contribution >= 4 is 34.8 Å². The first-order chi connectivity index (χ1) is 13.6. The lowest BCUT2D eigenvalue weighted by Crippen LogP contribution is -2.39. The van der Waals surface area contributed by atoms with E-state index in [0.717, 1.165) is 25.1 Å². The van der Waals surface area contributed by atoms with Crippen molar-refractivity contribution in [3.8, 4) is 5.69 Å². The number of hydrogen-bond acceptors (Lipinski definition) is 5. The van der Waals surface area contributed by atoms with Crippen molar-refractivity contribution in [3.63, 3.8) is 0 Å². The van der Waals surface area contributed by atoms with Gasteiger partial charge < -0.3 is 5.32 Å². The number of tetrazole rings is 1. The summed E-state index contributed by atoms with van der Waals surface area (Å²) in [6.45, 7) is 1.28. The van der Waals surface area contributed by atoms with Gasteiger partial charge in [-0.25, -0.2) is 0 Å². The number of amides is 1. The Labute approximate surface area is 172 Å². The quantitative estimate of drug-likeness (QED) is 0.687. The van der Waals surface area contributed by atoms with E-state index in [1.54, 1.807) is 22.9 Å². The van der Waals surface area contributed by atoms with Crippen LogP contribution in [0.3, 0.4) is 0 Å². The van der Waals surface area contributed by atoms with Crippen molar-refractivity contribution in [1.82, 2.24) is 25.1 Å². The van der Waals surface area contributed by atoms with Crippen LogP contribution in [0.5, 0.6) is 0 Å². The van der Waals surface area contributed by atoms with E-state index in [0.29, 0.717) is 28.1 Å². The molecule has 1 fully saturated rings. The van der Waals surface area contributed by atoms with Crippen molar-refractivity contribution < 1.29 is 4.79 Å². The van der Waals surface area contributed by atoms with Crippen LogP contribution in [0.2, 0.25) is 10.0 Å². The lowest BCUT2D eigenvalue weighted by atomic mass is 10.2. The average Bonchev–Trinajstić information content (AvgIpc) is 3.31. The summed E-state index contributed by atoms with van der Waals surface area (Å²) < 4.78 is 1.70. The number of carbonyl (C=O) groups is 1. The van der Waals surface area contributed by atoms with Crippen molar-refractivity contribution in [2.45, 2.75) is 25.4 Å². The molecule has 144 valence electrons. The van der Waals surface area contributed by atoms with Crippen LogP contribution < -0.4 is 5.32 Å². The smallest absolute Gasteiger partial charge is 0.241 e. The van der Waals surface area contributed by atoms with Gasteiger partial charge in [0.05, 0.1) is 18.3 Å². The van der Waals surface area contributed by atoms with Gasteiger partial charge in [0.25, 0.3) is 0 Å². The fourth-order valence-electron chi connectivity index (χ4n) is 3.42. The molecule has 3 aromatic rings. The normalized spacial score (nSPS) is 17.0. The first-order valence-electron chi connectivity index (χ1n) is 8.94. The molecule has 0 bridgehead atoms. The lowest BCUT2D eigenvalue weighted by Gasteiger charge is -2.23. The molecule has 0 aliphatic carbocycles. The predicted octanol–water partition coefficient (Wildman–Crippen LogP) is 3.57. The second-order valence-electron chi connectivity index (χ2n) is 6.62. The molecule has 1 aromatic heterocycles. The highest BCUT2D eigenvalue weighted by molar-refractivity contribution is 6.35. The van der Waals surface area contributed by atoms with Gasteiger partial charge in [0, 0.05) is 15.7 Å². The zero-order chi connectivity index (χ0) is 19.5. The first-order valence-corrected chi connectivity index (χ1v) is 9.69. The van der Waals surface area contributed by atoms with Crippen LogP contribution in [0.25, 0.3) is 5.69 Å². The third kappa shape index (κ3) is 4.16. The largest absolute Gasteiger partial charge is 0.325 e. The maximum Gasteiger partial charge on any atom is 0.241 e. The number of aromatic nitrogens is 4. The van der Waals surface area contributed by atoms with Gasteiger partial charge in [0.1, 0.15) is 0 Å². The number of carbonyl (C=O) groups excluding carboxylic acids is 1. The summed E-state index contributed by atoms with van der Waals surface area (Å²) >= 11 is 12.0. The highest BCUT2D eigenvalue weighted by atomic mass is 35.5. The molecule has 1 atom stereocenters. The standard InChI is InChI=1S/C19H18Cl2N6O/c20-13-9-14(21)11-15(10-13)22-19(28)17-7-4-8-26(17)12-18-23-24-25-27(18)16-5-2-1-3-6-16/h1-3,5-6,9-11,17H,4,7-8,12H2,(H,22,28)/t17-/m1/s1. The van der Waals surface area contributed by atoms with Crippen LogP contribution in [0.15, 0.2) is 48.5 Å². The molecule has 1 N–H and O–H groups in total. The van der Waals surface area contributed by atoms with E-state index in [-0.39, 0.29) is 11.9 Å². The molecular formula is C19H18Cl2N6O. The minimum Gasteiger partial charge on any atom is -0.325 e. The molecule has 2 aromatic carbocycles. The minimum absolute atomic E-state index is 0.0884. The molecule has 1 saturated heterocycles. The zero-order valence-corrected chi connectivity index (χ0v) is 16.4. The maximum absolute atomic E-state index is 12.8. The Morgan fingerprint density at radius 3 is 2.64 bits per heavy atom. The summed E-state index contributed by atoms with van der Waals surface area (Å²) in [6, 6.07) is 14.4. The third-order valence-corrected chi connectivity index (χ3v) is 5.11. The molecule has 0 saturated carbocycles. The topological polar surface area (TPSA) is 75.9 Å². The Hall–Kier alpha value is -2.48. The number of nitrogens with one attached hydrogen (secondary N) is 1. The fourth-order valence-corrected chi connectivity index (χ4v) is 3.95. The summed E-state index contributed by atoms with van der Waals surface area (Å²) in [5.41, 5.74) is 1.47. The Morgan fingerprint density at radius 2 is 1.89 bits per heavy atom. The number of anilines is 1. The fraction of sp³-hybridized carbons (Fsp3) is 0.263. The molecule has 1 aliphatic rings. The molecule has 4 rings (SSSR count). The van der Waals surface area contributed by atoms with Crippen molar-refractivity contribution in [2.24, 2.45) is 0 Å². The number of rotatable bonds is 5. The Kier molecular flexibility index (Phi) is 5.57. The third-order valence-electron chi connectivity index (χ3n) is 4.68. The molecule has 0 spiro atoms. The average molecular weight is 417 g/mol. The number of likely N-dealkylation sites (tertiary alicyclic amines) is 1. The van der Waals surface area contributed by atoms with Gasteiger partial charge in [0.15, 0.2) is 5.82 Å². The van der Waals surface area contributed by atoms with Crippen LogP contribution in [0.4, 0.5) is 5.69 Å². The van der Waals surface area contributed by atoms with Crippen LogP contribution >= 0.6 is 23.2 Å². The number of benzene rings is 2. The van der Waals surface area contributed by atoms with Gasteiger partial charge in [-0.15, -0.1) is 5.10 Å². The highest BCUT2D eigenvalue weighted by Crippen LogP contribution is 2.25. The molecule has 7 nitrogen and oxygen atoms in total. The minimum atomic E-state index is -0.265. The number of hydrogen-bond donors (Lipinski definition) is 1. The number of nitrogens with zero attached hydrogens (tertiary/aromatic N) is 5. The van der Waals surface area contributed by atoms with E-state index < -0.39 is 0 Å². The predicted molar refractivity (Wildman–Crippen MR) is 108 cm³/mol. The SMILES string of the molecule is O=C(Nc1cc(Cl)cc(Cl)c1)[C@H]1CCCN1Cc1nnnn1-c1ccccc1. The molecule has 1 amide bonds. The van der Waals surface area contributed by atoms with Gasteiger partial charge in [0.2, 0.25) is 5.91 Å². The van der Waals surface area contributed by atoms with E-state index in [9.17, 15) is 4.79 Å². The maximum atomic E-state index is 12.8. The van der Waals surface area contributed by atoms with Gasteiger partial charge in [-0.1, -0.05) is 41.4 Å². The lowest BCUT2D eigenvalue weighted by molar-refractivity contribution is -0.120. The van der Waals surface area contributed by atoms with E-state index >= 15 is 0 Å². The van der Waals surface area contributed by atoms with Crippen LogP contribution in [0, 0.1) is 0 Å². The van der Waals surface area contributed by atoms with Gasteiger partial charge >= 0.3 is 0 Å². The molecule has 9 heteroatoms. The van der Waals surface area contributed by atoms with Crippen LogP contribution in [0.1, 0.15) is 18.7 Å². The molecule has 28 heavy (non-hydrogen) atoms. The summed E-state index contributed by atoms with van der Waals surface area (Å²) in [5.74, 6) is 0.603. The summed E-state index contributed by atoms with van der Waals surface area (Å²) in [7, 11) is 0. The van der Waals surface area contributed by atoms with E-state index in [2.05, 4.69) is 25.7 Å². The van der Waals surface area contributed by atoms with E-state index in [4.69, 9.17) is 23.2 Å². The highest BCUT2D eigenvalue weighted by Gasteiger charge is 2.32. The molecule has 2 heterocycles. The monoisotopic (exact) mass is 416 g/mol. The zero-order valence-electron chi connectivity index (χ0n) is 14.9. The molecule has 0 radical (unpaired) electrons. The van der Waals surface area contributed by atoms with Crippen LogP contribution in [-0.2, 0) is 11.3 Å². The van der Waals surface area contributed by atoms with E-state index in [1.165, 1.54) is 0 Å². The second-order valence-corrected chi connectivity index (χ2v) is 7.49.